The first-order valence-corrected chi connectivity index (χ1v) is 10.7. The Kier molecular flexibility index (Phi) is 8.73. The Morgan fingerprint density at radius 2 is 1.66 bits per heavy atom. The van der Waals surface area contributed by atoms with Gasteiger partial charge in [0.2, 0.25) is 5.91 Å². The molecule has 5 nitrogen and oxygen atoms in total. The van der Waals surface area contributed by atoms with Crippen LogP contribution >= 0.6 is 23.2 Å². The number of nitrogens with one attached hydrogen (secondary N) is 1. The fourth-order valence-electron chi connectivity index (χ4n) is 3.18. The molecule has 0 bridgehead atoms. The van der Waals surface area contributed by atoms with Crippen LogP contribution in [0.5, 0.6) is 0 Å². The van der Waals surface area contributed by atoms with E-state index >= 15 is 0 Å². The molecule has 1 amide bonds. The summed E-state index contributed by atoms with van der Waals surface area (Å²) in [5, 5.41) is 11.4. The van der Waals surface area contributed by atoms with Crippen molar-refractivity contribution in [2.45, 2.75) is 44.1 Å². The van der Waals surface area contributed by atoms with Crippen molar-refractivity contribution in [2.75, 3.05) is 12.1 Å². The summed E-state index contributed by atoms with van der Waals surface area (Å²) in [5.74, 6) is -2.11. The van der Waals surface area contributed by atoms with E-state index in [1.54, 1.807) is 0 Å². The van der Waals surface area contributed by atoms with Crippen molar-refractivity contribution in [3.8, 4) is 0 Å². The lowest BCUT2D eigenvalue weighted by molar-refractivity contribution is -0.264. The van der Waals surface area contributed by atoms with Crippen LogP contribution in [0, 0.1) is 6.92 Å². The molecular weight excluding hydrogens is 525 g/mol. The lowest BCUT2D eigenvalue weighted by Crippen LogP contribution is -2.44. The van der Waals surface area contributed by atoms with Gasteiger partial charge in [-0.3, -0.25) is 20.0 Å². The summed E-state index contributed by atoms with van der Waals surface area (Å²) >= 11 is 11.9. The summed E-state index contributed by atoms with van der Waals surface area (Å²) in [6, 6.07) is 6.69. The molecule has 0 saturated heterocycles. The molecule has 0 aromatic heterocycles. The van der Waals surface area contributed by atoms with Gasteiger partial charge in [0.05, 0.1) is 23.6 Å². The predicted octanol–water partition coefficient (Wildman–Crippen LogP) is 6.13. The summed E-state index contributed by atoms with van der Waals surface area (Å²) in [6.07, 6.45) is -13.4. The molecule has 0 spiro atoms. The quantitative estimate of drug-likeness (QED) is 0.238. The van der Waals surface area contributed by atoms with E-state index in [-0.39, 0.29) is 21.3 Å². The smallest absolute Gasteiger partial charge is 0.376 e. The maximum absolute atomic E-state index is 13.9. The molecule has 0 fully saturated rings. The Morgan fingerprint density at radius 1 is 1.03 bits per heavy atom. The molecule has 2 rings (SSSR count). The second-order valence-electron chi connectivity index (χ2n) is 7.85. The first-order valence-electron chi connectivity index (χ1n) is 9.92. The highest BCUT2D eigenvalue weighted by atomic mass is 35.5. The molecular formula is C22H20Cl2F6N2O3. The van der Waals surface area contributed by atoms with Gasteiger partial charge in [0.15, 0.2) is 11.4 Å². The van der Waals surface area contributed by atoms with Crippen LogP contribution in [0.1, 0.15) is 40.7 Å². The van der Waals surface area contributed by atoms with E-state index < -0.39 is 54.5 Å². The summed E-state index contributed by atoms with van der Waals surface area (Å²) in [7, 11) is 1.22. The zero-order chi connectivity index (χ0) is 26.8. The lowest BCUT2D eigenvalue weighted by Gasteiger charge is -2.31. The standard InChI is InChI=1S/C22H20Cl2F6N2O3/c1-12-7-14(10-15(23)8-12)20(35,22(28,29)30)11-18(33)13-3-4-16(24)17(9-13)32(2)31-19(34)5-6-21(25,26)27/h3-4,7-10,35H,5-6,11H2,1-2H3,(H,31,34). The molecule has 0 aliphatic rings. The number of benzene rings is 2. The molecule has 2 aromatic carbocycles. The highest BCUT2D eigenvalue weighted by Crippen LogP contribution is 2.43. The Morgan fingerprint density at radius 3 is 2.20 bits per heavy atom. The molecule has 2 aromatic rings. The monoisotopic (exact) mass is 544 g/mol. The number of halogens is 8. The molecule has 0 heterocycles. The molecule has 1 unspecified atom stereocenters. The van der Waals surface area contributed by atoms with E-state index in [2.05, 4.69) is 5.43 Å². The number of carbonyl (C=O) groups excluding carboxylic acids is 2. The van der Waals surface area contributed by atoms with Gasteiger partial charge in [-0.2, -0.15) is 26.3 Å². The molecule has 35 heavy (non-hydrogen) atoms. The molecule has 0 radical (unpaired) electrons. The molecule has 0 aliphatic carbocycles. The molecule has 2 N–H and O–H groups in total. The number of amides is 1. The fourth-order valence-corrected chi connectivity index (χ4v) is 3.71. The molecule has 0 aliphatic heterocycles. The van der Waals surface area contributed by atoms with Crippen LogP contribution in [-0.4, -0.2) is 36.2 Å². The van der Waals surface area contributed by atoms with Gasteiger partial charge in [-0.1, -0.05) is 29.3 Å². The third-order valence-corrected chi connectivity index (χ3v) is 5.50. The summed E-state index contributed by atoms with van der Waals surface area (Å²) in [6.45, 7) is 1.47. The number of rotatable bonds is 8. The van der Waals surface area contributed by atoms with E-state index in [0.717, 1.165) is 29.3 Å². The number of anilines is 1. The zero-order valence-electron chi connectivity index (χ0n) is 18.3. The SMILES string of the molecule is Cc1cc(Cl)cc(C(O)(CC(=O)c2ccc(Cl)c(N(C)NC(=O)CCC(F)(F)F)c2)C(F)(F)F)c1. The number of ketones is 1. The van der Waals surface area contributed by atoms with Crippen molar-refractivity contribution in [3.63, 3.8) is 0 Å². The second kappa shape index (κ2) is 10.6. The minimum Gasteiger partial charge on any atom is -0.376 e. The van der Waals surface area contributed by atoms with Crippen molar-refractivity contribution in [2.24, 2.45) is 0 Å². The van der Waals surface area contributed by atoms with Gasteiger partial charge in [0.25, 0.3) is 0 Å². The van der Waals surface area contributed by atoms with E-state index in [9.17, 15) is 41.0 Å². The number of alkyl halides is 6. The van der Waals surface area contributed by atoms with E-state index in [1.807, 2.05) is 0 Å². The maximum Gasteiger partial charge on any atom is 0.421 e. The zero-order valence-corrected chi connectivity index (χ0v) is 19.8. The van der Waals surface area contributed by atoms with Crippen molar-refractivity contribution < 1.29 is 41.0 Å². The topological polar surface area (TPSA) is 69.6 Å². The second-order valence-corrected chi connectivity index (χ2v) is 8.69. The van der Waals surface area contributed by atoms with Crippen molar-refractivity contribution >= 4 is 40.6 Å². The van der Waals surface area contributed by atoms with E-state index in [4.69, 9.17) is 23.2 Å². The molecule has 13 heteroatoms. The van der Waals surface area contributed by atoms with Crippen LogP contribution in [0.3, 0.4) is 0 Å². The van der Waals surface area contributed by atoms with Crippen LogP contribution in [0.15, 0.2) is 36.4 Å². The molecule has 1 atom stereocenters. The maximum atomic E-state index is 13.9. The summed E-state index contributed by atoms with van der Waals surface area (Å²) in [5.41, 5.74) is -2.06. The Labute approximate surface area is 206 Å². The molecule has 192 valence electrons. The van der Waals surface area contributed by atoms with Crippen molar-refractivity contribution in [1.29, 1.82) is 0 Å². The summed E-state index contributed by atoms with van der Waals surface area (Å²) in [4.78, 5) is 24.6. The number of Topliss-reactive ketones (excluding diaryl/α,β-unsaturated/α-hetero) is 1. The van der Waals surface area contributed by atoms with E-state index in [1.165, 1.54) is 26.1 Å². The van der Waals surface area contributed by atoms with Crippen molar-refractivity contribution in [1.82, 2.24) is 5.43 Å². The van der Waals surface area contributed by atoms with Crippen LogP contribution < -0.4 is 10.4 Å². The molecule has 0 saturated carbocycles. The number of nitrogens with zero attached hydrogens (tertiary/aromatic N) is 1. The van der Waals surface area contributed by atoms with Gasteiger partial charge in [-0.05, 0) is 48.4 Å². The first-order chi connectivity index (χ1) is 15.9. The Hall–Kier alpha value is -2.50. The fraction of sp³-hybridized carbons (Fsp3) is 0.364. The van der Waals surface area contributed by atoms with Gasteiger partial charge in [0.1, 0.15) is 0 Å². The minimum atomic E-state index is -5.24. The third-order valence-electron chi connectivity index (χ3n) is 4.96. The number of hydrogen-bond acceptors (Lipinski definition) is 4. The van der Waals surface area contributed by atoms with Gasteiger partial charge in [-0.25, -0.2) is 0 Å². The van der Waals surface area contributed by atoms with Crippen LogP contribution in [-0.2, 0) is 10.4 Å². The number of hydrogen-bond donors (Lipinski definition) is 2. The third kappa shape index (κ3) is 7.49. The van der Waals surface area contributed by atoms with Gasteiger partial charge >= 0.3 is 12.4 Å². The van der Waals surface area contributed by atoms with Crippen LogP contribution in [0.25, 0.3) is 0 Å². The summed E-state index contributed by atoms with van der Waals surface area (Å²) < 4.78 is 78.6. The van der Waals surface area contributed by atoms with Crippen LogP contribution in [0.2, 0.25) is 10.0 Å². The highest BCUT2D eigenvalue weighted by molar-refractivity contribution is 6.33. The van der Waals surface area contributed by atoms with Gasteiger partial charge in [-0.15, -0.1) is 0 Å². The number of aliphatic hydroxyl groups is 1. The Bertz CT molecular complexity index is 1090. The average molecular weight is 545 g/mol. The van der Waals surface area contributed by atoms with Crippen LogP contribution in [0.4, 0.5) is 32.0 Å². The average Bonchev–Trinajstić information content (AvgIpc) is 2.70. The highest BCUT2D eigenvalue weighted by Gasteiger charge is 2.56. The number of hydrazine groups is 1. The van der Waals surface area contributed by atoms with Crippen molar-refractivity contribution in [3.05, 3.63) is 63.1 Å². The largest absolute Gasteiger partial charge is 0.421 e. The Balaban J connectivity index is 2.31. The number of carbonyl (C=O) groups is 2. The van der Waals surface area contributed by atoms with Gasteiger partial charge in [0, 0.05) is 24.1 Å². The van der Waals surface area contributed by atoms with E-state index in [0.29, 0.717) is 5.56 Å². The first kappa shape index (κ1) is 28.7. The lowest BCUT2D eigenvalue weighted by atomic mass is 9.85. The number of aryl methyl sites for hydroxylation is 1. The predicted molar refractivity (Wildman–Crippen MR) is 118 cm³/mol. The van der Waals surface area contributed by atoms with Gasteiger partial charge < -0.3 is 5.11 Å². The minimum absolute atomic E-state index is 0.0447. The normalized spacial score (nSPS) is 13.8.